The molecule has 1 amide bonds. The van der Waals surface area contributed by atoms with Gasteiger partial charge in [0, 0.05) is 36.0 Å². The number of H-pyrrole nitrogens is 1. The number of nitrogens with one attached hydrogen (secondary N) is 3. The normalized spacial score (nSPS) is 13.1. The third-order valence-corrected chi connectivity index (χ3v) is 8.43. The number of amides is 1. The number of benzene rings is 4. The van der Waals surface area contributed by atoms with Crippen molar-refractivity contribution in [3.8, 4) is 11.1 Å². The number of carbonyl (C=O) groups excluding carboxylic acids is 1. The number of carbonyl (C=O) groups is 2. The van der Waals surface area contributed by atoms with Crippen LogP contribution in [0.3, 0.4) is 0 Å². The van der Waals surface area contributed by atoms with Gasteiger partial charge in [0.1, 0.15) is 12.6 Å². The lowest BCUT2D eigenvalue weighted by atomic mass is 9.98. The van der Waals surface area contributed by atoms with Crippen LogP contribution in [0.15, 0.2) is 114 Å². The van der Waals surface area contributed by atoms with Gasteiger partial charge >= 0.3 is 12.1 Å². The van der Waals surface area contributed by atoms with E-state index in [9.17, 15) is 23.1 Å². The van der Waals surface area contributed by atoms with E-state index in [4.69, 9.17) is 10.5 Å². The van der Waals surface area contributed by atoms with Crippen LogP contribution in [0.1, 0.15) is 28.2 Å². The summed E-state index contributed by atoms with van der Waals surface area (Å²) in [5.74, 6) is -1.26. The molecule has 1 unspecified atom stereocenters. The highest BCUT2D eigenvalue weighted by Crippen LogP contribution is 2.44. The van der Waals surface area contributed by atoms with E-state index in [1.165, 1.54) is 0 Å². The number of alkyl carbamates (subject to hydrolysis) is 1. The summed E-state index contributed by atoms with van der Waals surface area (Å²) in [7, 11) is -3.32. The first-order valence-corrected chi connectivity index (χ1v) is 17.2. The molecule has 0 bridgehead atoms. The number of aliphatic carboxylic acids is 1. The SMILES string of the molecule is CS(=O)(=O)NC(N)=NCCc1ccccc1.O=C(NC(Cc1c[nH]c2ccccc12)C(=O)O)OCC1c2ccccc2-c2ccccc21. The van der Waals surface area contributed by atoms with E-state index in [0.29, 0.717) is 6.54 Å². The van der Waals surface area contributed by atoms with Gasteiger partial charge in [-0.25, -0.2) is 18.0 Å². The Bertz CT molecular complexity index is 1980. The first-order valence-electron chi connectivity index (χ1n) is 15.3. The minimum Gasteiger partial charge on any atom is -0.480 e. The lowest BCUT2D eigenvalue weighted by Gasteiger charge is -2.17. The van der Waals surface area contributed by atoms with Crippen molar-refractivity contribution >= 4 is 38.9 Å². The fourth-order valence-corrected chi connectivity index (χ4v) is 6.12. The number of hydrogen-bond acceptors (Lipinski definition) is 6. The Morgan fingerprint density at radius 3 is 2.17 bits per heavy atom. The monoisotopic (exact) mass is 667 g/mol. The summed E-state index contributed by atoms with van der Waals surface area (Å²) >= 11 is 0. The molecule has 0 aliphatic heterocycles. The number of carboxylic acid groups (broad SMARTS) is 1. The predicted molar refractivity (Wildman–Crippen MR) is 186 cm³/mol. The molecule has 1 atom stereocenters. The van der Waals surface area contributed by atoms with Gasteiger partial charge in [0.25, 0.3) is 0 Å². The third kappa shape index (κ3) is 8.80. The highest BCUT2D eigenvalue weighted by atomic mass is 32.2. The van der Waals surface area contributed by atoms with Crippen molar-refractivity contribution in [2.45, 2.75) is 24.8 Å². The molecule has 1 aliphatic rings. The van der Waals surface area contributed by atoms with E-state index < -0.39 is 28.1 Å². The van der Waals surface area contributed by atoms with Crippen molar-refractivity contribution in [1.82, 2.24) is 15.0 Å². The number of guanidine groups is 1. The van der Waals surface area contributed by atoms with Crippen LogP contribution in [0, 0.1) is 0 Å². The van der Waals surface area contributed by atoms with Crippen LogP contribution in [0.25, 0.3) is 22.0 Å². The van der Waals surface area contributed by atoms with Gasteiger partial charge in [-0.2, -0.15) is 0 Å². The second kappa shape index (κ2) is 15.3. The summed E-state index contributed by atoms with van der Waals surface area (Å²) < 4.78 is 29.2. The van der Waals surface area contributed by atoms with Crippen LogP contribution < -0.4 is 15.8 Å². The summed E-state index contributed by atoms with van der Waals surface area (Å²) in [6.07, 6.45) is 2.96. The van der Waals surface area contributed by atoms with Crippen LogP contribution in [-0.2, 0) is 32.4 Å². The Morgan fingerprint density at radius 2 is 1.52 bits per heavy atom. The van der Waals surface area contributed by atoms with Gasteiger partial charge in [0.15, 0.2) is 0 Å². The van der Waals surface area contributed by atoms with Crippen LogP contribution in [0.4, 0.5) is 4.79 Å². The fraction of sp³-hybridized carbons (Fsp3) is 0.194. The number of hydrogen-bond donors (Lipinski definition) is 5. The van der Waals surface area contributed by atoms with Crippen molar-refractivity contribution in [3.63, 3.8) is 0 Å². The zero-order valence-corrected chi connectivity index (χ0v) is 27.1. The number of fused-ring (bicyclic) bond motifs is 4. The smallest absolute Gasteiger partial charge is 0.407 e. The number of nitrogens with zero attached hydrogens (tertiary/aromatic N) is 1. The Labute approximate surface area is 278 Å². The minimum absolute atomic E-state index is 0.0709. The topological polar surface area (TPSA) is 176 Å². The van der Waals surface area contributed by atoms with E-state index in [-0.39, 0.29) is 24.9 Å². The molecule has 1 heterocycles. The van der Waals surface area contributed by atoms with E-state index in [0.717, 1.165) is 57.0 Å². The highest BCUT2D eigenvalue weighted by Gasteiger charge is 2.30. The van der Waals surface area contributed by atoms with E-state index >= 15 is 0 Å². The zero-order valence-electron chi connectivity index (χ0n) is 26.3. The lowest BCUT2D eigenvalue weighted by molar-refractivity contribution is -0.139. The summed E-state index contributed by atoms with van der Waals surface area (Å²) in [6.45, 7) is 0.595. The fourth-order valence-electron chi connectivity index (χ4n) is 5.68. The Hall–Kier alpha value is -5.62. The van der Waals surface area contributed by atoms with Gasteiger partial charge < -0.3 is 25.9 Å². The Balaban J connectivity index is 0.000000238. The molecule has 11 nitrogen and oxygen atoms in total. The first-order chi connectivity index (χ1) is 23.1. The van der Waals surface area contributed by atoms with Crippen LogP contribution >= 0.6 is 0 Å². The molecule has 0 fully saturated rings. The third-order valence-electron chi connectivity index (χ3n) is 7.85. The molecular formula is C36H37N5O6S. The second-order valence-electron chi connectivity index (χ2n) is 11.3. The molecule has 0 spiro atoms. The van der Waals surface area contributed by atoms with E-state index in [1.54, 1.807) is 6.20 Å². The number of aromatic nitrogens is 1. The standard InChI is InChI=1S/C26H22N2O4.C10H15N3O2S/c29-25(30)24(13-16-14-27-23-12-6-5-7-17(16)23)28-26(31)32-15-22-20-10-3-1-8-18(20)19-9-2-4-11-21(19)22;1-16(14,15)13-10(11)12-8-7-9-5-3-2-4-6-9/h1-12,14,22,24,27H,13,15H2,(H,28,31)(H,29,30);2-6H,7-8H2,1H3,(H3,11,12,13). The van der Waals surface area contributed by atoms with Gasteiger partial charge in [-0.3, -0.25) is 9.71 Å². The van der Waals surface area contributed by atoms with E-state index in [1.807, 2.05) is 91.0 Å². The molecule has 48 heavy (non-hydrogen) atoms. The quantitative estimate of drug-likeness (QED) is 0.105. The molecule has 0 saturated carbocycles. The summed E-state index contributed by atoms with van der Waals surface area (Å²) in [5, 5.41) is 13.1. The van der Waals surface area contributed by atoms with Crippen molar-refractivity contribution < 1.29 is 27.9 Å². The van der Waals surface area contributed by atoms with Crippen molar-refractivity contribution in [3.05, 3.63) is 132 Å². The lowest BCUT2D eigenvalue weighted by Crippen LogP contribution is -2.42. The maximum absolute atomic E-state index is 12.5. The average Bonchev–Trinajstić information content (AvgIpc) is 3.62. The first kappa shape index (κ1) is 33.7. The minimum atomic E-state index is -3.32. The van der Waals surface area contributed by atoms with Gasteiger partial charge in [-0.15, -0.1) is 0 Å². The highest BCUT2D eigenvalue weighted by molar-refractivity contribution is 7.89. The van der Waals surface area contributed by atoms with Crippen molar-refractivity contribution in [2.24, 2.45) is 10.7 Å². The molecule has 0 saturated heterocycles. The number of aliphatic imine (C=N–C) groups is 1. The van der Waals surface area contributed by atoms with Gasteiger partial charge in [0.2, 0.25) is 16.0 Å². The van der Waals surface area contributed by atoms with Gasteiger partial charge in [-0.1, -0.05) is 97.1 Å². The van der Waals surface area contributed by atoms with Gasteiger partial charge in [-0.05, 0) is 45.9 Å². The molecule has 4 aromatic carbocycles. The molecule has 12 heteroatoms. The number of para-hydroxylation sites is 1. The van der Waals surface area contributed by atoms with Crippen LogP contribution in [0.2, 0.25) is 0 Å². The second-order valence-corrected chi connectivity index (χ2v) is 13.0. The molecule has 5 aromatic rings. The molecular weight excluding hydrogens is 630 g/mol. The number of aromatic amines is 1. The number of rotatable bonds is 10. The number of nitrogens with two attached hydrogens (primary N) is 1. The molecule has 1 aromatic heterocycles. The summed E-state index contributed by atoms with van der Waals surface area (Å²) in [5.41, 5.74) is 12.8. The van der Waals surface area contributed by atoms with E-state index in [2.05, 4.69) is 32.1 Å². The Morgan fingerprint density at radius 1 is 0.917 bits per heavy atom. The van der Waals surface area contributed by atoms with Crippen molar-refractivity contribution in [1.29, 1.82) is 0 Å². The molecule has 6 rings (SSSR count). The maximum Gasteiger partial charge on any atom is 0.407 e. The number of sulfonamides is 1. The molecule has 1 aliphatic carbocycles. The van der Waals surface area contributed by atoms with Crippen LogP contribution in [-0.4, -0.2) is 62.0 Å². The number of carboxylic acids is 1. The van der Waals surface area contributed by atoms with Gasteiger partial charge in [0.05, 0.1) is 6.26 Å². The number of ether oxygens (including phenoxy) is 1. The molecule has 6 N–H and O–H groups in total. The summed E-state index contributed by atoms with van der Waals surface area (Å²) in [4.78, 5) is 31.4. The predicted octanol–water partition coefficient (Wildman–Crippen LogP) is 4.80. The summed E-state index contributed by atoms with van der Waals surface area (Å²) in [6, 6.07) is 32.5. The van der Waals surface area contributed by atoms with Crippen molar-refractivity contribution in [2.75, 3.05) is 19.4 Å². The maximum atomic E-state index is 12.5. The average molecular weight is 668 g/mol. The zero-order chi connectivity index (χ0) is 34.1. The molecule has 248 valence electrons. The Kier molecular flexibility index (Phi) is 10.8. The molecule has 0 radical (unpaired) electrons. The largest absolute Gasteiger partial charge is 0.480 e. The van der Waals surface area contributed by atoms with Crippen LogP contribution in [0.5, 0.6) is 0 Å².